The van der Waals surface area contributed by atoms with Crippen molar-refractivity contribution >= 4 is 39.3 Å². The van der Waals surface area contributed by atoms with Gasteiger partial charge in [-0.2, -0.15) is 0 Å². The van der Waals surface area contributed by atoms with Crippen LogP contribution in [-0.2, 0) is 0 Å². The second-order valence-corrected chi connectivity index (χ2v) is 6.71. The van der Waals surface area contributed by atoms with Crippen molar-refractivity contribution in [3.63, 3.8) is 0 Å². The molecule has 108 valence electrons. The quantitative estimate of drug-likeness (QED) is 0.674. The van der Waals surface area contributed by atoms with Gasteiger partial charge < -0.3 is 5.32 Å². The van der Waals surface area contributed by atoms with Gasteiger partial charge in [-0.05, 0) is 36.4 Å². The molecule has 1 N–H and O–H groups in total. The molecule has 0 amide bonds. The summed E-state index contributed by atoms with van der Waals surface area (Å²) in [5, 5.41) is 7.52. The number of anilines is 1. The van der Waals surface area contributed by atoms with Crippen molar-refractivity contribution in [3.05, 3.63) is 41.3 Å². The number of thiophene rings is 1. The highest BCUT2D eigenvalue weighted by Crippen LogP contribution is 2.35. The molecule has 0 unspecified atom stereocenters. The van der Waals surface area contributed by atoms with Gasteiger partial charge in [0.25, 0.3) is 0 Å². The molecular weight excluding hydrogens is 298 g/mol. The first kappa shape index (κ1) is 14.4. The molecule has 0 radical (unpaired) electrons. The van der Waals surface area contributed by atoms with E-state index in [0.717, 1.165) is 34.2 Å². The summed E-state index contributed by atoms with van der Waals surface area (Å²) in [5.41, 5.74) is 1.27. The Hall–Kier alpha value is -1.59. The molecular formula is C16H17N3S2. The fraction of sp³-hybridized carbons (Fsp3) is 0.250. The second-order valence-electron chi connectivity index (χ2n) is 4.79. The predicted molar refractivity (Wildman–Crippen MR) is 91.5 cm³/mol. The first-order chi connectivity index (χ1) is 10.3. The Balaban J connectivity index is 2.00. The SMILES string of the molecule is CCCNc1nc(Sc2ccccc2C)c2ccsc2n1. The third-order valence-corrected chi connectivity index (χ3v) is 5.11. The largest absolute Gasteiger partial charge is 0.354 e. The Bertz CT molecular complexity index is 752. The van der Waals surface area contributed by atoms with Crippen LogP contribution in [0.1, 0.15) is 18.9 Å². The molecule has 0 atom stereocenters. The standard InChI is InChI=1S/C16H17N3S2/c1-3-9-17-16-18-14-12(8-10-20-14)15(19-16)21-13-7-5-4-6-11(13)2/h4-8,10H,3,9H2,1-2H3,(H,17,18,19). The number of aryl methyl sites for hydroxylation is 1. The van der Waals surface area contributed by atoms with Crippen LogP contribution in [0.3, 0.4) is 0 Å². The number of nitrogens with zero attached hydrogens (tertiary/aromatic N) is 2. The molecule has 2 aromatic heterocycles. The normalized spacial score (nSPS) is 11.0. The van der Waals surface area contributed by atoms with Crippen LogP contribution in [0.25, 0.3) is 10.2 Å². The molecule has 0 aliphatic heterocycles. The lowest BCUT2D eigenvalue weighted by atomic mass is 10.2. The second kappa shape index (κ2) is 6.45. The van der Waals surface area contributed by atoms with Gasteiger partial charge >= 0.3 is 0 Å². The summed E-state index contributed by atoms with van der Waals surface area (Å²) in [6.07, 6.45) is 1.06. The maximum absolute atomic E-state index is 4.69. The molecule has 3 nitrogen and oxygen atoms in total. The predicted octanol–water partition coefficient (Wildman–Crippen LogP) is 4.97. The van der Waals surface area contributed by atoms with Gasteiger partial charge in [0, 0.05) is 16.8 Å². The van der Waals surface area contributed by atoms with Crippen molar-refractivity contribution in [2.45, 2.75) is 30.2 Å². The minimum atomic E-state index is 0.725. The molecule has 0 aliphatic rings. The number of hydrogen-bond acceptors (Lipinski definition) is 5. The van der Waals surface area contributed by atoms with Gasteiger partial charge in [0.2, 0.25) is 5.95 Å². The summed E-state index contributed by atoms with van der Waals surface area (Å²) in [4.78, 5) is 11.6. The lowest BCUT2D eigenvalue weighted by molar-refractivity contribution is 0.947. The minimum absolute atomic E-state index is 0.725. The zero-order valence-electron chi connectivity index (χ0n) is 12.1. The Morgan fingerprint density at radius 2 is 2.05 bits per heavy atom. The molecule has 1 aromatic carbocycles. The molecule has 21 heavy (non-hydrogen) atoms. The van der Waals surface area contributed by atoms with Crippen molar-refractivity contribution in [1.29, 1.82) is 0 Å². The number of nitrogens with one attached hydrogen (secondary N) is 1. The topological polar surface area (TPSA) is 37.8 Å². The van der Waals surface area contributed by atoms with E-state index in [-0.39, 0.29) is 0 Å². The summed E-state index contributed by atoms with van der Waals surface area (Å²) in [7, 11) is 0. The van der Waals surface area contributed by atoms with Crippen molar-refractivity contribution in [1.82, 2.24) is 9.97 Å². The van der Waals surface area contributed by atoms with Gasteiger partial charge in [0.05, 0.1) is 0 Å². The molecule has 0 saturated carbocycles. The highest BCUT2D eigenvalue weighted by molar-refractivity contribution is 7.99. The van der Waals surface area contributed by atoms with E-state index in [9.17, 15) is 0 Å². The molecule has 2 heterocycles. The fourth-order valence-corrected chi connectivity index (χ4v) is 3.82. The van der Waals surface area contributed by atoms with Gasteiger partial charge in [-0.15, -0.1) is 11.3 Å². The molecule has 0 spiro atoms. The van der Waals surface area contributed by atoms with Crippen LogP contribution in [0.2, 0.25) is 0 Å². The summed E-state index contributed by atoms with van der Waals surface area (Å²) in [6.45, 7) is 5.16. The summed E-state index contributed by atoms with van der Waals surface area (Å²) < 4.78 is 0. The van der Waals surface area contributed by atoms with Crippen molar-refractivity contribution in [2.75, 3.05) is 11.9 Å². The molecule has 3 rings (SSSR count). The number of fused-ring (bicyclic) bond motifs is 1. The Kier molecular flexibility index (Phi) is 4.41. The first-order valence-electron chi connectivity index (χ1n) is 7.00. The lowest BCUT2D eigenvalue weighted by Crippen LogP contribution is -2.04. The van der Waals surface area contributed by atoms with Crippen LogP contribution in [0.5, 0.6) is 0 Å². The van der Waals surface area contributed by atoms with E-state index in [2.05, 4.69) is 59.9 Å². The van der Waals surface area contributed by atoms with E-state index in [0.29, 0.717) is 0 Å². The molecule has 0 aliphatic carbocycles. The van der Waals surface area contributed by atoms with Gasteiger partial charge in [0.15, 0.2) is 0 Å². The maximum Gasteiger partial charge on any atom is 0.225 e. The van der Waals surface area contributed by atoms with Crippen LogP contribution >= 0.6 is 23.1 Å². The Morgan fingerprint density at radius 1 is 1.19 bits per heavy atom. The maximum atomic E-state index is 4.69. The van der Waals surface area contributed by atoms with Crippen LogP contribution in [-0.4, -0.2) is 16.5 Å². The number of benzene rings is 1. The third-order valence-electron chi connectivity index (χ3n) is 3.12. The summed E-state index contributed by atoms with van der Waals surface area (Å²) in [5.74, 6) is 0.725. The highest BCUT2D eigenvalue weighted by Gasteiger charge is 2.11. The summed E-state index contributed by atoms with van der Waals surface area (Å²) >= 11 is 3.37. The fourth-order valence-electron chi connectivity index (χ4n) is 2.00. The van der Waals surface area contributed by atoms with Crippen LogP contribution < -0.4 is 5.32 Å². The van der Waals surface area contributed by atoms with Gasteiger partial charge in [-0.25, -0.2) is 9.97 Å². The van der Waals surface area contributed by atoms with Crippen molar-refractivity contribution in [2.24, 2.45) is 0 Å². The average molecular weight is 315 g/mol. The van der Waals surface area contributed by atoms with E-state index >= 15 is 0 Å². The van der Waals surface area contributed by atoms with E-state index < -0.39 is 0 Å². The van der Waals surface area contributed by atoms with Gasteiger partial charge in [-0.1, -0.05) is 36.9 Å². The molecule has 3 aromatic rings. The zero-order chi connectivity index (χ0) is 14.7. The van der Waals surface area contributed by atoms with E-state index in [4.69, 9.17) is 4.98 Å². The summed E-state index contributed by atoms with van der Waals surface area (Å²) in [6, 6.07) is 10.5. The van der Waals surface area contributed by atoms with Gasteiger partial charge in [-0.3, -0.25) is 0 Å². The number of hydrogen-bond donors (Lipinski definition) is 1. The van der Waals surface area contributed by atoms with Crippen molar-refractivity contribution < 1.29 is 0 Å². The van der Waals surface area contributed by atoms with Crippen LogP contribution in [0, 0.1) is 6.92 Å². The monoisotopic (exact) mass is 315 g/mol. The van der Waals surface area contributed by atoms with Crippen molar-refractivity contribution in [3.8, 4) is 0 Å². The first-order valence-corrected chi connectivity index (χ1v) is 8.70. The Labute approximate surface area is 132 Å². The molecule has 5 heteroatoms. The lowest BCUT2D eigenvalue weighted by Gasteiger charge is -2.08. The van der Waals surface area contributed by atoms with E-state index in [1.807, 2.05) is 0 Å². The van der Waals surface area contributed by atoms with E-state index in [1.165, 1.54) is 10.5 Å². The molecule has 0 fully saturated rings. The van der Waals surface area contributed by atoms with Crippen LogP contribution in [0.4, 0.5) is 5.95 Å². The molecule has 0 bridgehead atoms. The zero-order valence-corrected chi connectivity index (χ0v) is 13.7. The minimum Gasteiger partial charge on any atom is -0.354 e. The Morgan fingerprint density at radius 3 is 2.86 bits per heavy atom. The van der Waals surface area contributed by atoms with E-state index in [1.54, 1.807) is 23.1 Å². The number of rotatable bonds is 5. The third kappa shape index (κ3) is 3.19. The highest BCUT2D eigenvalue weighted by atomic mass is 32.2. The smallest absolute Gasteiger partial charge is 0.225 e. The van der Waals surface area contributed by atoms with Gasteiger partial charge in [0.1, 0.15) is 9.86 Å². The van der Waals surface area contributed by atoms with Crippen LogP contribution in [0.15, 0.2) is 45.6 Å². The number of aromatic nitrogens is 2. The average Bonchev–Trinajstić information content (AvgIpc) is 2.96. The molecule has 0 saturated heterocycles.